The van der Waals surface area contributed by atoms with Crippen LogP contribution in [-0.4, -0.2) is 14.1 Å². The number of nitrogens with zero attached hydrogens (tertiary/aromatic N) is 1. The quantitative estimate of drug-likeness (QED) is 0.886. The minimum absolute atomic E-state index is 0.886. The lowest BCUT2D eigenvalue weighted by molar-refractivity contribution is 0.804. The molecule has 0 atom stereocenters. The summed E-state index contributed by atoms with van der Waals surface area (Å²) in [4.78, 5) is 2.30. The van der Waals surface area contributed by atoms with E-state index >= 15 is 0 Å². The Morgan fingerprint density at radius 3 is 2.55 bits per heavy atom. The van der Waals surface area contributed by atoms with Crippen LogP contribution in [0.4, 0.5) is 5.69 Å². The van der Waals surface area contributed by atoms with Crippen LogP contribution in [0.1, 0.15) is 16.7 Å². The van der Waals surface area contributed by atoms with E-state index in [2.05, 4.69) is 76.5 Å². The second kappa shape index (κ2) is 6.91. The van der Waals surface area contributed by atoms with Crippen LogP contribution in [0.15, 0.2) is 46.9 Å². The lowest BCUT2D eigenvalue weighted by Crippen LogP contribution is -2.20. The number of nitrogens with one attached hydrogen (secondary N) is 1. The molecule has 0 fully saturated rings. The fourth-order valence-corrected chi connectivity index (χ4v) is 2.80. The Bertz CT molecular complexity index is 581. The molecule has 0 aliphatic rings. The third-order valence-electron chi connectivity index (χ3n) is 3.38. The first-order valence-corrected chi connectivity index (χ1v) is 7.60. The topological polar surface area (TPSA) is 15.3 Å². The van der Waals surface area contributed by atoms with Crippen LogP contribution in [0.25, 0.3) is 0 Å². The number of aryl methyl sites for hydroxylation is 1. The largest absolute Gasteiger partial charge is 0.370 e. The summed E-state index contributed by atoms with van der Waals surface area (Å²) in [5.74, 6) is 0. The van der Waals surface area contributed by atoms with Gasteiger partial charge in [0.2, 0.25) is 0 Å². The van der Waals surface area contributed by atoms with Gasteiger partial charge in [0.15, 0.2) is 0 Å². The SMILES string of the molecule is CNCc1cc(C)ccc1N(C)Cc1ccccc1Br. The highest BCUT2D eigenvalue weighted by molar-refractivity contribution is 9.10. The Balaban J connectivity index is 2.25. The van der Waals surface area contributed by atoms with Gasteiger partial charge in [0, 0.05) is 30.3 Å². The van der Waals surface area contributed by atoms with Crippen molar-refractivity contribution >= 4 is 21.6 Å². The van der Waals surface area contributed by atoms with Gasteiger partial charge in [0.1, 0.15) is 0 Å². The molecule has 0 aliphatic heterocycles. The van der Waals surface area contributed by atoms with Gasteiger partial charge in [0.05, 0.1) is 0 Å². The van der Waals surface area contributed by atoms with E-state index in [1.54, 1.807) is 0 Å². The highest BCUT2D eigenvalue weighted by Crippen LogP contribution is 2.25. The van der Waals surface area contributed by atoms with Gasteiger partial charge in [-0.3, -0.25) is 0 Å². The van der Waals surface area contributed by atoms with Crippen molar-refractivity contribution in [3.63, 3.8) is 0 Å². The van der Waals surface area contributed by atoms with Crippen molar-refractivity contribution in [1.29, 1.82) is 0 Å². The molecule has 3 heteroatoms. The molecule has 2 aromatic rings. The van der Waals surface area contributed by atoms with E-state index in [1.165, 1.54) is 22.4 Å². The molecule has 1 N–H and O–H groups in total. The average molecular weight is 333 g/mol. The summed E-state index contributed by atoms with van der Waals surface area (Å²) in [5, 5.41) is 3.25. The van der Waals surface area contributed by atoms with Crippen molar-refractivity contribution in [2.45, 2.75) is 20.0 Å². The minimum atomic E-state index is 0.886. The number of hydrogen-bond acceptors (Lipinski definition) is 2. The molecule has 2 aromatic carbocycles. The van der Waals surface area contributed by atoms with Crippen molar-refractivity contribution in [1.82, 2.24) is 5.32 Å². The van der Waals surface area contributed by atoms with Crippen molar-refractivity contribution < 1.29 is 0 Å². The molecular formula is C17H21BrN2. The van der Waals surface area contributed by atoms with Crippen LogP contribution < -0.4 is 10.2 Å². The number of rotatable bonds is 5. The highest BCUT2D eigenvalue weighted by Gasteiger charge is 2.09. The van der Waals surface area contributed by atoms with E-state index in [0.717, 1.165) is 17.6 Å². The van der Waals surface area contributed by atoms with Crippen molar-refractivity contribution in [3.8, 4) is 0 Å². The minimum Gasteiger partial charge on any atom is -0.370 e. The van der Waals surface area contributed by atoms with Crippen LogP contribution in [-0.2, 0) is 13.1 Å². The van der Waals surface area contributed by atoms with E-state index in [1.807, 2.05) is 13.1 Å². The fourth-order valence-electron chi connectivity index (χ4n) is 2.39. The van der Waals surface area contributed by atoms with Gasteiger partial charge >= 0.3 is 0 Å². The Kier molecular flexibility index (Phi) is 5.21. The zero-order valence-electron chi connectivity index (χ0n) is 12.3. The summed E-state index contributed by atoms with van der Waals surface area (Å²) in [7, 11) is 4.13. The molecule has 106 valence electrons. The van der Waals surface area contributed by atoms with Gasteiger partial charge in [-0.15, -0.1) is 0 Å². The van der Waals surface area contributed by atoms with Crippen molar-refractivity contribution in [3.05, 3.63) is 63.6 Å². The van der Waals surface area contributed by atoms with E-state index in [-0.39, 0.29) is 0 Å². The number of halogens is 1. The zero-order chi connectivity index (χ0) is 14.5. The van der Waals surface area contributed by atoms with Crippen molar-refractivity contribution in [2.24, 2.45) is 0 Å². The van der Waals surface area contributed by atoms with Gasteiger partial charge in [-0.1, -0.05) is 51.8 Å². The molecular weight excluding hydrogens is 312 g/mol. The normalized spacial score (nSPS) is 10.6. The summed E-state index contributed by atoms with van der Waals surface area (Å²) in [6, 6.07) is 15.0. The summed E-state index contributed by atoms with van der Waals surface area (Å²) < 4.78 is 1.16. The third kappa shape index (κ3) is 3.62. The maximum Gasteiger partial charge on any atom is 0.0437 e. The van der Waals surface area contributed by atoms with Gasteiger partial charge in [0.25, 0.3) is 0 Å². The summed E-state index contributed by atoms with van der Waals surface area (Å²) >= 11 is 3.62. The van der Waals surface area contributed by atoms with Gasteiger partial charge in [-0.05, 0) is 37.2 Å². The molecule has 0 bridgehead atoms. The van der Waals surface area contributed by atoms with Crippen LogP contribution in [0.5, 0.6) is 0 Å². The summed E-state index contributed by atoms with van der Waals surface area (Å²) in [6.07, 6.45) is 0. The molecule has 0 heterocycles. The first kappa shape index (κ1) is 15.1. The number of benzene rings is 2. The fraction of sp³-hybridized carbons (Fsp3) is 0.294. The highest BCUT2D eigenvalue weighted by atomic mass is 79.9. The first-order valence-electron chi connectivity index (χ1n) is 6.80. The molecule has 2 rings (SSSR count). The number of hydrogen-bond donors (Lipinski definition) is 1. The lowest BCUT2D eigenvalue weighted by Gasteiger charge is -2.23. The Morgan fingerprint density at radius 1 is 1.10 bits per heavy atom. The Hall–Kier alpha value is -1.32. The molecule has 0 unspecified atom stereocenters. The van der Waals surface area contributed by atoms with E-state index in [4.69, 9.17) is 0 Å². The predicted molar refractivity (Wildman–Crippen MR) is 90.2 cm³/mol. The lowest BCUT2D eigenvalue weighted by atomic mass is 10.1. The molecule has 20 heavy (non-hydrogen) atoms. The van der Waals surface area contributed by atoms with E-state index in [9.17, 15) is 0 Å². The standard InChI is InChI=1S/C17H21BrN2/c1-13-8-9-17(15(10-13)11-19-2)20(3)12-14-6-4-5-7-16(14)18/h4-10,19H,11-12H2,1-3H3. The molecule has 0 radical (unpaired) electrons. The summed E-state index contributed by atoms with van der Waals surface area (Å²) in [6.45, 7) is 3.91. The molecule has 0 saturated heterocycles. The second-order valence-corrected chi connectivity index (χ2v) is 5.96. The van der Waals surface area contributed by atoms with Gasteiger partial charge in [-0.25, -0.2) is 0 Å². The van der Waals surface area contributed by atoms with Gasteiger partial charge < -0.3 is 10.2 Å². The predicted octanol–water partition coefficient (Wildman–Crippen LogP) is 4.11. The molecule has 0 spiro atoms. The maximum atomic E-state index is 3.62. The van der Waals surface area contributed by atoms with E-state index in [0.29, 0.717) is 0 Å². The first-order chi connectivity index (χ1) is 9.61. The molecule has 0 aliphatic carbocycles. The van der Waals surface area contributed by atoms with Crippen LogP contribution >= 0.6 is 15.9 Å². The molecule has 0 saturated carbocycles. The van der Waals surface area contributed by atoms with Gasteiger partial charge in [-0.2, -0.15) is 0 Å². The Labute approximate surface area is 129 Å². The van der Waals surface area contributed by atoms with Crippen LogP contribution in [0.3, 0.4) is 0 Å². The smallest absolute Gasteiger partial charge is 0.0437 e. The monoisotopic (exact) mass is 332 g/mol. The van der Waals surface area contributed by atoms with E-state index < -0.39 is 0 Å². The summed E-state index contributed by atoms with van der Waals surface area (Å²) in [5.41, 5.74) is 5.21. The van der Waals surface area contributed by atoms with Crippen molar-refractivity contribution in [2.75, 3.05) is 19.0 Å². The van der Waals surface area contributed by atoms with Crippen LogP contribution in [0, 0.1) is 6.92 Å². The second-order valence-electron chi connectivity index (χ2n) is 5.11. The maximum absolute atomic E-state index is 3.62. The average Bonchev–Trinajstić information content (AvgIpc) is 2.42. The van der Waals surface area contributed by atoms with Crippen LogP contribution in [0.2, 0.25) is 0 Å². The third-order valence-corrected chi connectivity index (χ3v) is 4.15. The number of anilines is 1. The molecule has 0 amide bonds. The Morgan fingerprint density at radius 2 is 1.85 bits per heavy atom. The molecule has 2 nitrogen and oxygen atoms in total. The zero-order valence-corrected chi connectivity index (χ0v) is 13.9. The molecule has 0 aromatic heterocycles.